The lowest BCUT2D eigenvalue weighted by Crippen LogP contribution is -2.49. The molecule has 3 N–H and O–H groups in total. The van der Waals surface area contributed by atoms with Gasteiger partial charge in [0.05, 0.1) is 0 Å². The van der Waals surface area contributed by atoms with E-state index < -0.39 is 0 Å². The van der Waals surface area contributed by atoms with E-state index in [1.807, 2.05) is 0 Å². The molecule has 1 atom stereocenters. The normalized spacial score (nSPS) is 26.2. The Bertz CT molecular complexity index is 286. The van der Waals surface area contributed by atoms with E-state index in [1.54, 1.807) is 7.05 Å². The number of amides is 1. The van der Waals surface area contributed by atoms with E-state index in [-0.39, 0.29) is 11.9 Å². The summed E-state index contributed by atoms with van der Waals surface area (Å²) < 4.78 is 0. The zero-order valence-corrected chi connectivity index (χ0v) is 9.75. The second-order valence-electron chi connectivity index (χ2n) is 4.53. The monoisotopic (exact) mass is 224 g/mol. The number of carbonyl (C=O) groups is 1. The van der Waals surface area contributed by atoms with Gasteiger partial charge in [0.25, 0.3) is 0 Å². The molecule has 0 aromatic rings. The van der Waals surface area contributed by atoms with Crippen molar-refractivity contribution in [3.05, 3.63) is 0 Å². The van der Waals surface area contributed by atoms with Gasteiger partial charge in [0.2, 0.25) is 5.91 Å². The van der Waals surface area contributed by atoms with Gasteiger partial charge in [-0.3, -0.25) is 9.79 Å². The van der Waals surface area contributed by atoms with Crippen molar-refractivity contribution in [1.29, 1.82) is 0 Å². The van der Waals surface area contributed by atoms with Crippen LogP contribution in [0.4, 0.5) is 0 Å². The van der Waals surface area contributed by atoms with E-state index in [0.29, 0.717) is 12.5 Å². The number of piperidine rings is 1. The predicted molar refractivity (Wildman–Crippen MR) is 63.3 cm³/mol. The summed E-state index contributed by atoms with van der Waals surface area (Å²) >= 11 is 0. The molecule has 0 aromatic carbocycles. The Labute approximate surface area is 96.1 Å². The van der Waals surface area contributed by atoms with E-state index in [4.69, 9.17) is 0 Å². The van der Waals surface area contributed by atoms with Crippen molar-refractivity contribution in [2.45, 2.75) is 44.2 Å². The molecule has 0 bridgehead atoms. The Morgan fingerprint density at radius 1 is 1.50 bits per heavy atom. The number of rotatable bonds is 3. The summed E-state index contributed by atoms with van der Waals surface area (Å²) in [5.41, 5.74) is 0. The molecule has 90 valence electrons. The molecule has 0 radical (unpaired) electrons. The highest BCUT2D eigenvalue weighted by Crippen LogP contribution is 2.18. The van der Waals surface area contributed by atoms with Crippen LogP contribution in [0.25, 0.3) is 0 Å². The van der Waals surface area contributed by atoms with E-state index in [2.05, 4.69) is 20.9 Å². The Hall–Kier alpha value is -1.26. The van der Waals surface area contributed by atoms with Gasteiger partial charge in [-0.05, 0) is 25.7 Å². The molecule has 2 fully saturated rings. The summed E-state index contributed by atoms with van der Waals surface area (Å²) in [6.07, 6.45) is 5.19. The molecule has 1 saturated carbocycles. The molecule has 1 amide bonds. The van der Waals surface area contributed by atoms with Crippen molar-refractivity contribution in [2.75, 3.05) is 13.6 Å². The first-order valence-corrected chi connectivity index (χ1v) is 6.04. The molecule has 1 unspecified atom stereocenters. The van der Waals surface area contributed by atoms with Crippen molar-refractivity contribution in [2.24, 2.45) is 4.99 Å². The molecule has 16 heavy (non-hydrogen) atoms. The molecule has 5 heteroatoms. The number of nitrogens with one attached hydrogen (secondary N) is 3. The number of carbonyl (C=O) groups excluding carboxylic acids is 1. The first kappa shape index (κ1) is 11.2. The third-order valence-corrected chi connectivity index (χ3v) is 2.98. The minimum Gasteiger partial charge on any atom is -0.354 e. The molecule has 5 nitrogen and oxygen atoms in total. The maximum atomic E-state index is 11.2. The molecular weight excluding hydrogens is 204 g/mol. The lowest BCUT2D eigenvalue weighted by Gasteiger charge is -2.24. The number of aliphatic imine (C=N–C) groups is 1. The van der Waals surface area contributed by atoms with Crippen LogP contribution in [0.2, 0.25) is 0 Å². The highest BCUT2D eigenvalue weighted by molar-refractivity contribution is 5.80. The van der Waals surface area contributed by atoms with E-state index in [0.717, 1.165) is 25.3 Å². The van der Waals surface area contributed by atoms with Crippen LogP contribution >= 0.6 is 0 Å². The molecule has 1 heterocycles. The van der Waals surface area contributed by atoms with Crippen LogP contribution in [-0.4, -0.2) is 37.5 Å². The lowest BCUT2D eigenvalue weighted by molar-refractivity contribution is -0.123. The largest absolute Gasteiger partial charge is 0.354 e. The fourth-order valence-electron chi connectivity index (χ4n) is 1.87. The van der Waals surface area contributed by atoms with Crippen LogP contribution in [-0.2, 0) is 4.79 Å². The molecule has 0 spiro atoms. The molecule has 2 rings (SSSR count). The maximum absolute atomic E-state index is 11.2. The SMILES string of the molecule is CN=C(NCC1CCCC(=O)N1)NC1CC1. The smallest absolute Gasteiger partial charge is 0.220 e. The van der Waals surface area contributed by atoms with Gasteiger partial charge in [-0.2, -0.15) is 0 Å². The van der Waals surface area contributed by atoms with Crippen molar-refractivity contribution in [1.82, 2.24) is 16.0 Å². The van der Waals surface area contributed by atoms with E-state index >= 15 is 0 Å². The zero-order chi connectivity index (χ0) is 11.4. The minimum absolute atomic E-state index is 0.170. The van der Waals surface area contributed by atoms with Crippen molar-refractivity contribution in [3.8, 4) is 0 Å². The highest BCUT2D eigenvalue weighted by atomic mass is 16.1. The van der Waals surface area contributed by atoms with Crippen molar-refractivity contribution in [3.63, 3.8) is 0 Å². The molecule has 1 aliphatic carbocycles. The van der Waals surface area contributed by atoms with Crippen molar-refractivity contribution >= 4 is 11.9 Å². The van der Waals surface area contributed by atoms with Crippen LogP contribution in [0.15, 0.2) is 4.99 Å². The van der Waals surface area contributed by atoms with Crippen LogP contribution in [0, 0.1) is 0 Å². The fraction of sp³-hybridized carbons (Fsp3) is 0.818. The number of hydrogen-bond acceptors (Lipinski definition) is 2. The second kappa shape index (κ2) is 5.18. The number of guanidine groups is 1. The first-order chi connectivity index (χ1) is 7.78. The average Bonchev–Trinajstić information content (AvgIpc) is 3.08. The summed E-state index contributed by atoms with van der Waals surface area (Å²) in [4.78, 5) is 15.3. The molecule has 2 aliphatic rings. The fourth-order valence-corrected chi connectivity index (χ4v) is 1.87. The third-order valence-electron chi connectivity index (χ3n) is 2.98. The Morgan fingerprint density at radius 2 is 2.31 bits per heavy atom. The third kappa shape index (κ3) is 3.40. The predicted octanol–water partition coefficient (Wildman–Crippen LogP) is -0.0175. The van der Waals surface area contributed by atoms with Gasteiger partial charge in [0.1, 0.15) is 0 Å². The summed E-state index contributed by atoms with van der Waals surface area (Å²) in [5.74, 6) is 1.02. The van der Waals surface area contributed by atoms with Gasteiger partial charge < -0.3 is 16.0 Å². The minimum atomic E-state index is 0.170. The van der Waals surface area contributed by atoms with Gasteiger partial charge in [0.15, 0.2) is 5.96 Å². The summed E-state index contributed by atoms with van der Waals surface area (Å²) in [7, 11) is 1.77. The average molecular weight is 224 g/mol. The molecule has 1 aliphatic heterocycles. The second-order valence-corrected chi connectivity index (χ2v) is 4.53. The molecular formula is C11H20N4O. The summed E-state index contributed by atoms with van der Waals surface area (Å²) in [6.45, 7) is 0.762. The van der Waals surface area contributed by atoms with Crippen molar-refractivity contribution < 1.29 is 4.79 Å². The van der Waals surface area contributed by atoms with Gasteiger partial charge in [-0.25, -0.2) is 0 Å². The Kier molecular flexibility index (Phi) is 3.64. The molecule has 0 aromatic heterocycles. The molecule has 1 saturated heterocycles. The lowest BCUT2D eigenvalue weighted by atomic mass is 10.0. The van der Waals surface area contributed by atoms with Crippen LogP contribution in [0.1, 0.15) is 32.1 Å². The Balaban J connectivity index is 1.70. The van der Waals surface area contributed by atoms with Gasteiger partial charge >= 0.3 is 0 Å². The van der Waals surface area contributed by atoms with Gasteiger partial charge in [0, 0.05) is 32.1 Å². The Morgan fingerprint density at radius 3 is 2.94 bits per heavy atom. The van der Waals surface area contributed by atoms with E-state index in [9.17, 15) is 4.79 Å². The van der Waals surface area contributed by atoms with Crippen LogP contribution in [0.3, 0.4) is 0 Å². The number of hydrogen-bond donors (Lipinski definition) is 3. The first-order valence-electron chi connectivity index (χ1n) is 6.04. The highest BCUT2D eigenvalue weighted by Gasteiger charge is 2.23. The maximum Gasteiger partial charge on any atom is 0.220 e. The quantitative estimate of drug-likeness (QED) is 0.466. The topological polar surface area (TPSA) is 65.5 Å². The van der Waals surface area contributed by atoms with E-state index in [1.165, 1.54) is 12.8 Å². The zero-order valence-electron chi connectivity index (χ0n) is 9.75. The summed E-state index contributed by atoms with van der Waals surface area (Å²) in [5, 5.41) is 9.55. The van der Waals surface area contributed by atoms with Crippen LogP contribution < -0.4 is 16.0 Å². The van der Waals surface area contributed by atoms with Crippen LogP contribution in [0.5, 0.6) is 0 Å². The number of nitrogens with zero attached hydrogens (tertiary/aromatic N) is 1. The standard InChI is InChI=1S/C11H20N4O/c1-12-11(15-8-5-6-8)13-7-9-3-2-4-10(16)14-9/h8-9H,2-7H2,1H3,(H,14,16)(H2,12,13,15). The van der Waals surface area contributed by atoms with Gasteiger partial charge in [-0.1, -0.05) is 0 Å². The summed E-state index contributed by atoms with van der Waals surface area (Å²) in [6, 6.07) is 0.853. The van der Waals surface area contributed by atoms with Gasteiger partial charge in [-0.15, -0.1) is 0 Å².